The van der Waals surface area contributed by atoms with Crippen LogP contribution in [0.2, 0.25) is 0 Å². The molecule has 26 heavy (non-hydrogen) atoms. The summed E-state index contributed by atoms with van der Waals surface area (Å²) < 4.78 is 26.8. The number of aliphatic hydroxyl groups is 1. The fourth-order valence-corrected chi connectivity index (χ4v) is 5.65. The summed E-state index contributed by atoms with van der Waals surface area (Å²) in [5, 5.41) is 13.3. The first-order valence-electron chi connectivity index (χ1n) is 9.04. The molecule has 2 amide bonds. The van der Waals surface area contributed by atoms with Crippen molar-refractivity contribution in [2.45, 2.75) is 64.0 Å². The molecule has 0 saturated heterocycles. The first-order chi connectivity index (χ1) is 12.0. The molecule has 6 nitrogen and oxygen atoms in total. The van der Waals surface area contributed by atoms with Crippen LogP contribution in [0.5, 0.6) is 0 Å². The molecule has 0 aromatic heterocycles. The highest BCUT2D eigenvalue weighted by Crippen LogP contribution is 2.62. The predicted octanol–water partition coefficient (Wildman–Crippen LogP) is 2.56. The van der Waals surface area contributed by atoms with Crippen molar-refractivity contribution in [2.75, 3.05) is 0 Å². The molecule has 2 fully saturated rings. The normalized spacial score (nSPS) is 32.9. The molecule has 4 unspecified atom stereocenters. The van der Waals surface area contributed by atoms with Crippen molar-refractivity contribution in [1.29, 1.82) is 0 Å². The predicted molar refractivity (Wildman–Crippen MR) is 99.1 cm³/mol. The highest BCUT2D eigenvalue weighted by Gasteiger charge is 2.59. The second-order valence-corrected chi connectivity index (χ2v) is 10.3. The zero-order chi connectivity index (χ0) is 19.3. The van der Waals surface area contributed by atoms with Gasteiger partial charge in [-0.05, 0) is 55.1 Å². The molecule has 2 aliphatic carbocycles. The van der Waals surface area contributed by atoms with E-state index in [1.165, 1.54) is 12.1 Å². The molecule has 144 valence electrons. The maximum atomic E-state index is 12.4. The van der Waals surface area contributed by atoms with Gasteiger partial charge >= 0.3 is 6.03 Å². The Morgan fingerprint density at radius 3 is 2.42 bits per heavy atom. The van der Waals surface area contributed by atoms with Crippen LogP contribution in [0, 0.1) is 23.7 Å². The van der Waals surface area contributed by atoms with Gasteiger partial charge < -0.3 is 10.4 Å². The Morgan fingerprint density at radius 2 is 1.81 bits per heavy atom. The van der Waals surface area contributed by atoms with E-state index in [2.05, 4.69) is 30.8 Å². The number of carbonyl (C=O) groups is 1. The smallest absolute Gasteiger partial charge is 0.329 e. The monoisotopic (exact) mass is 380 g/mol. The van der Waals surface area contributed by atoms with Crippen LogP contribution >= 0.6 is 0 Å². The number of hydrogen-bond acceptors (Lipinski definition) is 4. The van der Waals surface area contributed by atoms with Crippen molar-refractivity contribution in [3.05, 3.63) is 29.8 Å². The molecule has 3 N–H and O–H groups in total. The van der Waals surface area contributed by atoms with Gasteiger partial charge in [0, 0.05) is 0 Å². The molecule has 2 bridgehead atoms. The van der Waals surface area contributed by atoms with Crippen LogP contribution in [0.4, 0.5) is 4.79 Å². The van der Waals surface area contributed by atoms with Gasteiger partial charge in [0.25, 0.3) is 10.0 Å². The van der Waals surface area contributed by atoms with Gasteiger partial charge in [0.15, 0.2) is 0 Å². The van der Waals surface area contributed by atoms with Crippen molar-refractivity contribution >= 4 is 16.1 Å². The van der Waals surface area contributed by atoms with E-state index in [0.29, 0.717) is 6.42 Å². The van der Waals surface area contributed by atoms with Crippen LogP contribution in [0.25, 0.3) is 0 Å². The molecule has 2 aliphatic rings. The minimum absolute atomic E-state index is 0.0278. The molecule has 1 aromatic rings. The zero-order valence-corrected chi connectivity index (χ0v) is 16.6. The molecule has 3 rings (SSSR count). The van der Waals surface area contributed by atoms with Gasteiger partial charge in [-0.15, -0.1) is 0 Å². The third kappa shape index (κ3) is 3.11. The number of nitrogens with one attached hydrogen (secondary N) is 2. The lowest BCUT2D eigenvalue weighted by Gasteiger charge is -2.51. The first-order valence-corrected chi connectivity index (χ1v) is 10.5. The molecule has 0 heterocycles. The highest BCUT2D eigenvalue weighted by molar-refractivity contribution is 7.90. The quantitative estimate of drug-likeness (QED) is 0.751. The minimum atomic E-state index is -3.94. The Morgan fingerprint density at radius 1 is 1.19 bits per heavy atom. The van der Waals surface area contributed by atoms with Gasteiger partial charge in [0.05, 0.1) is 17.0 Å². The second kappa shape index (κ2) is 6.23. The molecule has 4 atom stereocenters. The summed E-state index contributed by atoms with van der Waals surface area (Å²) in [5.74, 6) is 0.115. The second-order valence-electron chi connectivity index (χ2n) is 8.62. The molecular weight excluding hydrogens is 352 g/mol. The van der Waals surface area contributed by atoms with Crippen LogP contribution in [-0.4, -0.2) is 31.7 Å². The number of fused-ring (bicyclic) bond motifs is 2. The van der Waals surface area contributed by atoms with E-state index in [9.17, 15) is 18.3 Å². The van der Waals surface area contributed by atoms with Crippen molar-refractivity contribution < 1.29 is 18.3 Å². The Balaban J connectivity index is 1.73. The number of amides is 2. The highest BCUT2D eigenvalue weighted by atomic mass is 32.2. The summed E-state index contributed by atoms with van der Waals surface area (Å²) in [4.78, 5) is 12.4. The lowest BCUT2D eigenvalue weighted by atomic mass is 9.57. The SMILES string of the molecule is Cc1ccc(S(=O)(=O)NC(=O)NC2C(O)CC3(C)CCC2C3(C)C)cc1. The van der Waals surface area contributed by atoms with Crippen molar-refractivity contribution in [1.82, 2.24) is 10.0 Å². The molecule has 1 aromatic carbocycles. The van der Waals surface area contributed by atoms with Crippen LogP contribution in [0.3, 0.4) is 0 Å². The number of hydrogen-bond donors (Lipinski definition) is 3. The maximum Gasteiger partial charge on any atom is 0.329 e. The number of rotatable bonds is 3. The van der Waals surface area contributed by atoms with E-state index in [0.717, 1.165) is 18.4 Å². The van der Waals surface area contributed by atoms with Crippen LogP contribution < -0.4 is 10.0 Å². The Kier molecular flexibility index (Phi) is 4.60. The summed E-state index contributed by atoms with van der Waals surface area (Å²) in [7, 11) is -3.94. The number of sulfonamides is 1. The molecule has 2 saturated carbocycles. The van der Waals surface area contributed by atoms with Crippen molar-refractivity contribution in [3.63, 3.8) is 0 Å². The van der Waals surface area contributed by atoms with E-state index in [1.54, 1.807) is 12.1 Å². The first kappa shape index (κ1) is 19.2. The van der Waals surface area contributed by atoms with Crippen LogP contribution in [0.15, 0.2) is 29.2 Å². The molecule has 0 aliphatic heterocycles. The molecule has 7 heteroatoms. The Labute approximate surface area is 155 Å². The summed E-state index contributed by atoms with van der Waals surface area (Å²) in [6.07, 6.45) is 1.85. The van der Waals surface area contributed by atoms with Crippen LogP contribution in [0.1, 0.15) is 45.6 Å². The Hall–Kier alpha value is -1.60. The number of aryl methyl sites for hydroxylation is 1. The maximum absolute atomic E-state index is 12.4. The third-order valence-electron chi connectivity index (χ3n) is 6.85. The summed E-state index contributed by atoms with van der Waals surface area (Å²) in [6, 6.07) is 5.05. The number of urea groups is 1. The lowest BCUT2D eigenvalue weighted by molar-refractivity contribution is -0.0578. The fourth-order valence-electron chi connectivity index (χ4n) is 4.73. The van der Waals surface area contributed by atoms with Gasteiger partial charge in [-0.2, -0.15) is 0 Å². The van der Waals surface area contributed by atoms with Gasteiger partial charge in [0.1, 0.15) is 0 Å². The lowest BCUT2D eigenvalue weighted by Crippen LogP contribution is -2.59. The zero-order valence-electron chi connectivity index (χ0n) is 15.7. The van der Waals surface area contributed by atoms with E-state index in [1.807, 2.05) is 6.92 Å². The minimum Gasteiger partial charge on any atom is -0.391 e. The largest absolute Gasteiger partial charge is 0.391 e. The topological polar surface area (TPSA) is 95.5 Å². The average molecular weight is 381 g/mol. The summed E-state index contributed by atoms with van der Waals surface area (Å²) >= 11 is 0. The van der Waals surface area contributed by atoms with E-state index in [-0.39, 0.29) is 21.6 Å². The van der Waals surface area contributed by atoms with Crippen molar-refractivity contribution in [2.24, 2.45) is 16.7 Å². The molecule has 0 spiro atoms. The van der Waals surface area contributed by atoms with Gasteiger partial charge in [-0.1, -0.05) is 38.5 Å². The average Bonchev–Trinajstić information content (AvgIpc) is 2.65. The van der Waals surface area contributed by atoms with Crippen molar-refractivity contribution in [3.8, 4) is 0 Å². The molecule has 0 radical (unpaired) electrons. The third-order valence-corrected chi connectivity index (χ3v) is 8.20. The van der Waals surface area contributed by atoms with Crippen LogP contribution in [-0.2, 0) is 10.0 Å². The number of benzene rings is 1. The Bertz CT molecular complexity index is 803. The molecular formula is C19H28N2O4S. The fraction of sp³-hybridized carbons (Fsp3) is 0.632. The van der Waals surface area contributed by atoms with E-state index >= 15 is 0 Å². The summed E-state index contributed by atoms with van der Waals surface area (Å²) in [5.41, 5.74) is 0.949. The van der Waals surface area contributed by atoms with Gasteiger partial charge in [0.2, 0.25) is 0 Å². The summed E-state index contributed by atoms with van der Waals surface area (Å²) in [6.45, 7) is 8.39. The standard InChI is InChI=1S/C19H28N2O4S/c1-12-5-7-13(8-6-12)26(24,25)21-17(23)20-16-14-9-10-19(4,11-15(16)22)18(14,2)3/h5-8,14-16,22H,9-11H2,1-4H3,(H2,20,21,23). The van der Waals surface area contributed by atoms with E-state index < -0.39 is 28.2 Å². The van der Waals surface area contributed by atoms with Gasteiger partial charge in [-0.25, -0.2) is 17.9 Å². The number of aliphatic hydroxyl groups excluding tert-OH is 1. The number of carbonyl (C=O) groups excluding carboxylic acids is 1. The van der Waals surface area contributed by atoms with E-state index in [4.69, 9.17) is 0 Å². The van der Waals surface area contributed by atoms with Gasteiger partial charge in [-0.3, -0.25) is 0 Å².